The van der Waals surface area contributed by atoms with Crippen LogP contribution in [0.1, 0.15) is 22.3 Å². The summed E-state index contributed by atoms with van der Waals surface area (Å²) in [6.45, 7) is 0. The molecule has 0 saturated heterocycles. The summed E-state index contributed by atoms with van der Waals surface area (Å²) in [5, 5.41) is 17.5. The lowest BCUT2D eigenvalue weighted by atomic mass is 10.2. The first-order valence-corrected chi connectivity index (χ1v) is 8.03. The zero-order valence-electron chi connectivity index (χ0n) is 11.2. The highest BCUT2D eigenvalue weighted by Crippen LogP contribution is 2.14. The number of hydrogen-bond donors (Lipinski definition) is 0. The summed E-state index contributed by atoms with van der Waals surface area (Å²) in [5.74, 6) is -0.196. The van der Waals surface area contributed by atoms with Crippen LogP contribution in [0.2, 0.25) is 0 Å². The highest BCUT2D eigenvalue weighted by Gasteiger charge is 2.13. The largest absolute Gasteiger partial charge is 0.228 e. The number of hydrogen-bond acceptors (Lipinski definition) is 4. The van der Waals surface area contributed by atoms with Crippen molar-refractivity contribution in [2.75, 3.05) is 0 Å². The van der Waals surface area contributed by atoms with Crippen LogP contribution >= 0.6 is 0 Å². The van der Waals surface area contributed by atoms with Gasteiger partial charge < -0.3 is 0 Å². The van der Waals surface area contributed by atoms with Crippen molar-refractivity contribution in [1.29, 1.82) is 10.5 Å². The zero-order chi connectivity index (χ0) is 15.3. The molecule has 0 aliphatic rings. The fourth-order valence-electron chi connectivity index (χ4n) is 1.97. The lowest BCUT2D eigenvalue weighted by molar-refractivity contribution is 0.594. The van der Waals surface area contributed by atoms with E-state index in [0.717, 1.165) is 0 Å². The van der Waals surface area contributed by atoms with Crippen molar-refractivity contribution < 1.29 is 8.42 Å². The van der Waals surface area contributed by atoms with Gasteiger partial charge in [-0.05, 0) is 35.4 Å². The molecule has 0 radical (unpaired) electrons. The Balaban J connectivity index is 2.14. The Kier molecular flexibility index (Phi) is 4.37. The van der Waals surface area contributed by atoms with Crippen LogP contribution in [0.5, 0.6) is 0 Å². The maximum atomic E-state index is 12.2. The topological polar surface area (TPSA) is 81.7 Å². The average Bonchev–Trinajstić information content (AvgIpc) is 2.47. The minimum absolute atomic E-state index is 0.0878. The van der Waals surface area contributed by atoms with Crippen LogP contribution in [-0.4, -0.2) is 8.42 Å². The molecule has 0 atom stereocenters. The Morgan fingerprint density at radius 3 is 2.05 bits per heavy atom. The first-order valence-electron chi connectivity index (χ1n) is 6.21. The Morgan fingerprint density at radius 1 is 0.810 bits per heavy atom. The number of benzene rings is 2. The van der Waals surface area contributed by atoms with Gasteiger partial charge in [0.05, 0.1) is 34.8 Å². The molecule has 0 fully saturated rings. The number of rotatable bonds is 4. The van der Waals surface area contributed by atoms with Crippen LogP contribution < -0.4 is 0 Å². The second-order valence-electron chi connectivity index (χ2n) is 4.65. The van der Waals surface area contributed by atoms with E-state index in [1.165, 1.54) is 0 Å². The quantitative estimate of drug-likeness (QED) is 0.868. The van der Waals surface area contributed by atoms with E-state index in [-0.39, 0.29) is 11.5 Å². The molecule has 0 spiro atoms. The number of nitrogens with zero attached hydrogens (tertiary/aromatic N) is 2. The van der Waals surface area contributed by atoms with E-state index in [2.05, 4.69) is 0 Å². The molecule has 5 heteroatoms. The van der Waals surface area contributed by atoms with E-state index in [1.807, 2.05) is 12.1 Å². The highest BCUT2D eigenvalue weighted by atomic mass is 32.2. The Hall–Kier alpha value is -2.63. The van der Waals surface area contributed by atoms with Crippen LogP contribution in [0.4, 0.5) is 0 Å². The van der Waals surface area contributed by atoms with E-state index in [4.69, 9.17) is 10.5 Å². The highest BCUT2D eigenvalue weighted by molar-refractivity contribution is 7.89. The van der Waals surface area contributed by atoms with E-state index in [1.54, 1.807) is 48.5 Å². The molecule has 2 aromatic carbocycles. The predicted molar refractivity (Wildman–Crippen MR) is 78.6 cm³/mol. The Morgan fingerprint density at radius 2 is 1.43 bits per heavy atom. The molecule has 104 valence electrons. The van der Waals surface area contributed by atoms with Crippen molar-refractivity contribution in [2.24, 2.45) is 0 Å². The molecule has 2 aromatic rings. The van der Waals surface area contributed by atoms with Crippen LogP contribution in [0, 0.1) is 22.7 Å². The van der Waals surface area contributed by atoms with Gasteiger partial charge in [-0.1, -0.05) is 24.3 Å². The fraction of sp³-hybridized carbons (Fsp3) is 0.125. The summed E-state index contributed by atoms with van der Waals surface area (Å²) >= 11 is 0. The zero-order valence-corrected chi connectivity index (χ0v) is 12.0. The van der Waals surface area contributed by atoms with Gasteiger partial charge in [0.1, 0.15) is 0 Å². The molecule has 2 rings (SSSR count). The molecule has 0 aliphatic carbocycles. The second kappa shape index (κ2) is 6.21. The van der Waals surface area contributed by atoms with Crippen molar-refractivity contribution in [3.8, 4) is 12.1 Å². The molecule has 0 N–H and O–H groups in total. The van der Waals surface area contributed by atoms with Crippen LogP contribution in [-0.2, 0) is 21.3 Å². The first-order chi connectivity index (χ1) is 10.0. The molecule has 21 heavy (non-hydrogen) atoms. The lowest BCUT2D eigenvalue weighted by Gasteiger charge is -2.05. The SMILES string of the molecule is N#Cc1ccc(CS(=O)(=O)Cc2cccc(C#N)c2)cc1. The number of sulfone groups is 1. The summed E-state index contributed by atoms with van der Waals surface area (Å²) in [7, 11) is -3.32. The lowest BCUT2D eigenvalue weighted by Crippen LogP contribution is -2.07. The van der Waals surface area contributed by atoms with E-state index in [0.29, 0.717) is 22.3 Å². The van der Waals surface area contributed by atoms with Crippen molar-refractivity contribution in [3.05, 3.63) is 70.8 Å². The first kappa shape index (κ1) is 14.8. The Labute approximate surface area is 123 Å². The van der Waals surface area contributed by atoms with Gasteiger partial charge in [-0.3, -0.25) is 0 Å². The third-order valence-electron chi connectivity index (χ3n) is 2.91. The molecular formula is C16H12N2O2S. The number of nitriles is 2. The predicted octanol–water partition coefficient (Wildman–Crippen LogP) is 2.54. The van der Waals surface area contributed by atoms with Crippen LogP contribution in [0.15, 0.2) is 48.5 Å². The third-order valence-corrected chi connectivity index (χ3v) is 4.46. The van der Waals surface area contributed by atoms with Gasteiger partial charge in [0.15, 0.2) is 9.84 Å². The van der Waals surface area contributed by atoms with Gasteiger partial charge in [0.25, 0.3) is 0 Å². The second-order valence-corrected chi connectivity index (χ2v) is 6.72. The molecule has 0 unspecified atom stereocenters. The minimum Gasteiger partial charge on any atom is -0.228 e. The van der Waals surface area contributed by atoms with Crippen molar-refractivity contribution in [1.82, 2.24) is 0 Å². The van der Waals surface area contributed by atoms with Gasteiger partial charge in [-0.2, -0.15) is 10.5 Å². The standard InChI is InChI=1S/C16H12N2O2S/c17-9-13-4-6-14(7-5-13)11-21(19,20)12-16-3-1-2-15(8-16)10-18/h1-8H,11-12H2. The molecule has 0 bridgehead atoms. The van der Waals surface area contributed by atoms with Crippen LogP contribution in [0.3, 0.4) is 0 Å². The van der Waals surface area contributed by atoms with Gasteiger partial charge >= 0.3 is 0 Å². The monoisotopic (exact) mass is 296 g/mol. The van der Waals surface area contributed by atoms with E-state index < -0.39 is 9.84 Å². The van der Waals surface area contributed by atoms with E-state index in [9.17, 15) is 8.42 Å². The average molecular weight is 296 g/mol. The smallest absolute Gasteiger partial charge is 0.158 e. The van der Waals surface area contributed by atoms with Gasteiger partial charge in [0.2, 0.25) is 0 Å². The van der Waals surface area contributed by atoms with Gasteiger partial charge in [-0.25, -0.2) is 8.42 Å². The third kappa shape index (κ3) is 4.17. The summed E-state index contributed by atoms with van der Waals surface area (Å²) in [5.41, 5.74) is 2.19. The van der Waals surface area contributed by atoms with Crippen molar-refractivity contribution in [3.63, 3.8) is 0 Å². The summed E-state index contributed by atoms with van der Waals surface area (Å²) in [4.78, 5) is 0. The summed E-state index contributed by atoms with van der Waals surface area (Å²) in [6, 6.07) is 17.0. The van der Waals surface area contributed by atoms with Crippen molar-refractivity contribution in [2.45, 2.75) is 11.5 Å². The summed E-state index contributed by atoms with van der Waals surface area (Å²) in [6.07, 6.45) is 0. The van der Waals surface area contributed by atoms with Crippen LogP contribution in [0.25, 0.3) is 0 Å². The minimum atomic E-state index is -3.32. The Bertz CT molecular complexity index is 826. The maximum absolute atomic E-state index is 12.2. The fourth-order valence-corrected chi connectivity index (χ4v) is 3.45. The van der Waals surface area contributed by atoms with Gasteiger partial charge in [0, 0.05) is 0 Å². The maximum Gasteiger partial charge on any atom is 0.158 e. The molecule has 0 amide bonds. The summed E-state index contributed by atoms with van der Waals surface area (Å²) < 4.78 is 24.4. The normalized spacial score (nSPS) is 10.6. The molecule has 0 aliphatic heterocycles. The molecule has 0 heterocycles. The van der Waals surface area contributed by atoms with E-state index >= 15 is 0 Å². The molecule has 4 nitrogen and oxygen atoms in total. The van der Waals surface area contributed by atoms with Crippen molar-refractivity contribution >= 4 is 9.84 Å². The molecule has 0 saturated carbocycles. The molecule has 0 aromatic heterocycles. The molecular weight excluding hydrogens is 284 g/mol. The van der Waals surface area contributed by atoms with Gasteiger partial charge in [-0.15, -0.1) is 0 Å².